The molecule has 0 spiro atoms. The molecule has 0 aliphatic rings. The van der Waals surface area contributed by atoms with Gasteiger partial charge in [0.15, 0.2) is 0 Å². The number of Topliss-reactive ketones (excluding diaryl/α,β-unsaturated/α-hetero) is 1. The van der Waals surface area contributed by atoms with Gasteiger partial charge in [0.1, 0.15) is 5.78 Å². The largest absolute Gasteiger partial charge is 0.300 e. The minimum Gasteiger partial charge on any atom is -0.300 e. The van der Waals surface area contributed by atoms with E-state index in [4.69, 9.17) is 0 Å². The molecule has 0 radical (unpaired) electrons. The first kappa shape index (κ1) is 10.4. The molecule has 0 fully saturated rings. The third-order valence-electron chi connectivity index (χ3n) is 1.93. The monoisotopic (exact) mass is 154 g/mol. The van der Waals surface area contributed by atoms with E-state index in [1.165, 1.54) is 5.57 Å². The number of rotatable bonds is 5. The maximum Gasteiger partial charge on any atom is 0.132 e. The average Bonchev–Trinajstić information content (AvgIpc) is 1.86. The Labute approximate surface area is 69.5 Å². The van der Waals surface area contributed by atoms with E-state index in [0.717, 1.165) is 19.3 Å². The van der Waals surface area contributed by atoms with Crippen molar-refractivity contribution in [1.29, 1.82) is 0 Å². The van der Waals surface area contributed by atoms with Gasteiger partial charge < -0.3 is 0 Å². The zero-order valence-corrected chi connectivity index (χ0v) is 7.81. The summed E-state index contributed by atoms with van der Waals surface area (Å²) in [5.41, 5.74) is 1.21. The van der Waals surface area contributed by atoms with Crippen molar-refractivity contribution in [2.45, 2.75) is 40.0 Å². The zero-order chi connectivity index (χ0) is 8.85. The molecule has 64 valence electrons. The van der Waals surface area contributed by atoms with E-state index >= 15 is 0 Å². The molecule has 1 heteroatoms. The number of carbonyl (C=O) groups is 1. The number of allylic oxidation sites excluding steroid dienone is 1. The molecule has 0 aliphatic carbocycles. The van der Waals surface area contributed by atoms with Gasteiger partial charge in [-0.3, -0.25) is 4.79 Å². The number of hydrogen-bond donors (Lipinski definition) is 0. The summed E-state index contributed by atoms with van der Waals surface area (Å²) in [4.78, 5) is 10.8. The number of ketones is 1. The van der Waals surface area contributed by atoms with Crippen LogP contribution in [0.15, 0.2) is 12.2 Å². The second-order valence-corrected chi connectivity index (χ2v) is 3.36. The fraction of sp³-hybridized carbons (Fsp3) is 0.700. The summed E-state index contributed by atoms with van der Waals surface area (Å²) in [5.74, 6) is 0.529. The van der Waals surface area contributed by atoms with Gasteiger partial charge in [-0.05, 0) is 33.1 Å². The lowest BCUT2D eigenvalue weighted by atomic mass is 9.99. The summed E-state index contributed by atoms with van der Waals surface area (Å²) >= 11 is 0. The van der Waals surface area contributed by atoms with Crippen LogP contribution >= 0.6 is 0 Å². The highest BCUT2D eigenvalue weighted by atomic mass is 16.1. The van der Waals surface area contributed by atoms with Gasteiger partial charge in [-0.2, -0.15) is 0 Å². The highest BCUT2D eigenvalue weighted by Gasteiger charge is 2.05. The highest BCUT2D eigenvalue weighted by Crippen LogP contribution is 2.11. The first-order chi connectivity index (χ1) is 5.04. The van der Waals surface area contributed by atoms with Gasteiger partial charge in [0.2, 0.25) is 0 Å². The SMILES string of the molecule is C=C(C)CCCC(C)C(C)=O. The molecule has 0 aromatic rings. The van der Waals surface area contributed by atoms with Crippen molar-refractivity contribution in [2.24, 2.45) is 5.92 Å². The van der Waals surface area contributed by atoms with Crippen molar-refractivity contribution >= 4 is 5.78 Å². The molecule has 0 heterocycles. The van der Waals surface area contributed by atoms with Crippen LogP contribution in [0.3, 0.4) is 0 Å². The van der Waals surface area contributed by atoms with Crippen molar-refractivity contribution in [3.8, 4) is 0 Å². The zero-order valence-electron chi connectivity index (χ0n) is 7.81. The molecule has 0 rings (SSSR count). The van der Waals surface area contributed by atoms with Crippen LogP contribution < -0.4 is 0 Å². The predicted molar refractivity (Wildman–Crippen MR) is 48.5 cm³/mol. The Morgan fingerprint density at radius 3 is 2.36 bits per heavy atom. The Balaban J connectivity index is 3.39. The molecule has 1 atom stereocenters. The van der Waals surface area contributed by atoms with Gasteiger partial charge in [-0.25, -0.2) is 0 Å². The van der Waals surface area contributed by atoms with E-state index in [2.05, 4.69) is 6.58 Å². The molecule has 1 nitrogen and oxygen atoms in total. The number of hydrogen-bond acceptors (Lipinski definition) is 1. The van der Waals surface area contributed by atoms with Crippen LogP contribution in [-0.4, -0.2) is 5.78 Å². The minimum atomic E-state index is 0.231. The van der Waals surface area contributed by atoms with Gasteiger partial charge in [-0.1, -0.05) is 12.5 Å². The molecule has 0 bridgehead atoms. The van der Waals surface area contributed by atoms with Gasteiger partial charge >= 0.3 is 0 Å². The lowest BCUT2D eigenvalue weighted by Crippen LogP contribution is -2.05. The first-order valence-electron chi connectivity index (χ1n) is 4.19. The molecule has 0 aromatic heterocycles. The van der Waals surface area contributed by atoms with Gasteiger partial charge in [0.05, 0.1) is 0 Å². The van der Waals surface area contributed by atoms with E-state index in [9.17, 15) is 4.79 Å². The third kappa shape index (κ3) is 5.84. The molecule has 0 amide bonds. The lowest BCUT2D eigenvalue weighted by molar-refractivity contribution is -0.120. The molecular weight excluding hydrogens is 136 g/mol. The van der Waals surface area contributed by atoms with Gasteiger partial charge in [-0.15, -0.1) is 6.58 Å². The Morgan fingerprint density at radius 2 is 2.00 bits per heavy atom. The van der Waals surface area contributed by atoms with Crippen molar-refractivity contribution in [3.63, 3.8) is 0 Å². The molecule has 0 saturated carbocycles. The van der Waals surface area contributed by atoms with Gasteiger partial charge in [0, 0.05) is 5.92 Å². The Morgan fingerprint density at radius 1 is 1.45 bits per heavy atom. The number of carbonyl (C=O) groups excluding carboxylic acids is 1. The van der Waals surface area contributed by atoms with Crippen molar-refractivity contribution < 1.29 is 4.79 Å². The van der Waals surface area contributed by atoms with Crippen molar-refractivity contribution in [2.75, 3.05) is 0 Å². The molecule has 11 heavy (non-hydrogen) atoms. The molecule has 0 aliphatic heterocycles. The smallest absolute Gasteiger partial charge is 0.132 e. The van der Waals surface area contributed by atoms with Crippen LogP contribution in [0, 0.1) is 5.92 Å². The second-order valence-electron chi connectivity index (χ2n) is 3.36. The normalized spacial score (nSPS) is 12.6. The maximum atomic E-state index is 10.8. The second kappa shape index (κ2) is 5.11. The van der Waals surface area contributed by atoms with E-state index in [-0.39, 0.29) is 5.92 Å². The Hall–Kier alpha value is -0.590. The fourth-order valence-electron chi connectivity index (χ4n) is 0.913. The summed E-state index contributed by atoms with van der Waals surface area (Å²) in [6.45, 7) is 9.48. The fourth-order valence-corrected chi connectivity index (χ4v) is 0.913. The summed E-state index contributed by atoms with van der Waals surface area (Å²) in [7, 11) is 0. The van der Waals surface area contributed by atoms with Gasteiger partial charge in [0.25, 0.3) is 0 Å². The Kier molecular flexibility index (Phi) is 4.84. The van der Waals surface area contributed by atoms with Crippen molar-refractivity contribution in [3.05, 3.63) is 12.2 Å². The summed E-state index contributed by atoms with van der Waals surface area (Å²) in [5, 5.41) is 0. The molecule has 0 saturated heterocycles. The summed E-state index contributed by atoms with van der Waals surface area (Å²) < 4.78 is 0. The summed E-state index contributed by atoms with van der Waals surface area (Å²) in [6.07, 6.45) is 3.15. The topological polar surface area (TPSA) is 17.1 Å². The third-order valence-corrected chi connectivity index (χ3v) is 1.93. The molecule has 0 N–H and O–H groups in total. The molecular formula is C10H18O. The first-order valence-corrected chi connectivity index (χ1v) is 4.19. The molecule has 1 unspecified atom stereocenters. The standard InChI is InChI=1S/C10H18O/c1-8(2)6-5-7-9(3)10(4)11/h9H,1,5-7H2,2-4H3. The van der Waals surface area contributed by atoms with Crippen LogP contribution in [0.5, 0.6) is 0 Å². The van der Waals surface area contributed by atoms with Crippen LogP contribution in [-0.2, 0) is 4.79 Å². The molecule has 0 aromatic carbocycles. The van der Waals surface area contributed by atoms with Crippen LogP contribution in [0.2, 0.25) is 0 Å². The lowest BCUT2D eigenvalue weighted by Gasteiger charge is -2.05. The maximum absolute atomic E-state index is 10.8. The van der Waals surface area contributed by atoms with E-state index in [0.29, 0.717) is 5.78 Å². The van der Waals surface area contributed by atoms with Crippen LogP contribution in [0.4, 0.5) is 0 Å². The van der Waals surface area contributed by atoms with E-state index < -0.39 is 0 Å². The van der Waals surface area contributed by atoms with Crippen LogP contribution in [0.25, 0.3) is 0 Å². The van der Waals surface area contributed by atoms with Crippen molar-refractivity contribution in [1.82, 2.24) is 0 Å². The van der Waals surface area contributed by atoms with Crippen LogP contribution in [0.1, 0.15) is 40.0 Å². The van der Waals surface area contributed by atoms with E-state index in [1.54, 1.807) is 6.92 Å². The van der Waals surface area contributed by atoms with E-state index in [1.807, 2.05) is 13.8 Å². The Bertz CT molecular complexity index is 147. The minimum absolute atomic E-state index is 0.231. The highest BCUT2D eigenvalue weighted by molar-refractivity contribution is 5.77. The quantitative estimate of drug-likeness (QED) is 0.556. The summed E-state index contributed by atoms with van der Waals surface area (Å²) in [6, 6.07) is 0. The predicted octanol–water partition coefficient (Wildman–Crippen LogP) is 2.96. The average molecular weight is 154 g/mol.